The molecule has 6 nitrogen and oxygen atoms in total. The average Bonchev–Trinajstić information content (AvgIpc) is 3.23. The summed E-state index contributed by atoms with van der Waals surface area (Å²) >= 11 is 5.94. The van der Waals surface area contributed by atoms with Gasteiger partial charge in [-0.1, -0.05) is 28.9 Å². The van der Waals surface area contributed by atoms with Gasteiger partial charge in [0.2, 0.25) is 5.82 Å². The largest absolute Gasteiger partial charge is 0.497 e. The van der Waals surface area contributed by atoms with E-state index in [1.165, 1.54) is 5.56 Å². The molecule has 2 aromatic carbocycles. The minimum atomic E-state index is 0.581. The summed E-state index contributed by atoms with van der Waals surface area (Å²) < 4.78 is 10.8. The molecule has 146 valence electrons. The molecule has 1 saturated heterocycles. The first-order valence-corrected chi connectivity index (χ1v) is 9.79. The fourth-order valence-corrected chi connectivity index (χ4v) is 3.46. The van der Waals surface area contributed by atoms with Crippen molar-refractivity contribution in [2.75, 3.05) is 44.7 Å². The van der Waals surface area contributed by atoms with Crippen molar-refractivity contribution in [2.45, 2.75) is 6.42 Å². The smallest absolute Gasteiger partial charge is 0.324 e. The van der Waals surface area contributed by atoms with E-state index in [-0.39, 0.29) is 0 Å². The number of aromatic nitrogens is 2. The molecule has 0 spiro atoms. The Bertz CT molecular complexity index is 905. The highest BCUT2D eigenvalue weighted by Crippen LogP contribution is 2.22. The molecule has 1 aliphatic rings. The van der Waals surface area contributed by atoms with Crippen LogP contribution in [0.5, 0.6) is 5.75 Å². The topological polar surface area (TPSA) is 54.6 Å². The summed E-state index contributed by atoms with van der Waals surface area (Å²) in [5, 5.41) is 4.80. The number of piperazine rings is 1. The van der Waals surface area contributed by atoms with Crippen LogP contribution in [0.3, 0.4) is 0 Å². The van der Waals surface area contributed by atoms with Gasteiger partial charge in [-0.05, 0) is 48.4 Å². The Hall–Kier alpha value is -2.57. The summed E-state index contributed by atoms with van der Waals surface area (Å²) in [5.41, 5.74) is 2.20. The van der Waals surface area contributed by atoms with Gasteiger partial charge < -0.3 is 14.2 Å². The number of nitrogens with zero attached hydrogens (tertiary/aromatic N) is 4. The molecule has 0 amide bonds. The van der Waals surface area contributed by atoms with E-state index >= 15 is 0 Å². The molecule has 7 heteroatoms. The zero-order valence-corrected chi connectivity index (χ0v) is 16.6. The second-order valence-corrected chi connectivity index (χ2v) is 7.27. The first kappa shape index (κ1) is 18.8. The van der Waals surface area contributed by atoms with Crippen molar-refractivity contribution in [1.29, 1.82) is 0 Å². The van der Waals surface area contributed by atoms with Crippen LogP contribution in [0.25, 0.3) is 11.4 Å². The summed E-state index contributed by atoms with van der Waals surface area (Å²) in [5.74, 6) is 1.50. The maximum atomic E-state index is 5.94. The van der Waals surface area contributed by atoms with Gasteiger partial charge in [0.1, 0.15) is 5.75 Å². The first-order valence-electron chi connectivity index (χ1n) is 9.41. The van der Waals surface area contributed by atoms with Crippen LogP contribution in [0.1, 0.15) is 5.56 Å². The SMILES string of the molecule is COc1cccc(CCN2CCN(c3nc(-c4ccc(Cl)cc4)no3)CC2)c1. The van der Waals surface area contributed by atoms with Crippen molar-refractivity contribution in [2.24, 2.45) is 0 Å². The zero-order valence-electron chi connectivity index (χ0n) is 15.8. The number of hydrogen-bond donors (Lipinski definition) is 0. The van der Waals surface area contributed by atoms with E-state index < -0.39 is 0 Å². The molecule has 0 N–H and O–H groups in total. The second kappa shape index (κ2) is 8.63. The van der Waals surface area contributed by atoms with Crippen molar-refractivity contribution in [3.8, 4) is 17.1 Å². The van der Waals surface area contributed by atoms with E-state index in [0.717, 1.165) is 50.5 Å². The number of halogens is 1. The number of anilines is 1. The summed E-state index contributed by atoms with van der Waals surface area (Å²) in [6.07, 6.45) is 1.01. The summed E-state index contributed by atoms with van der Waals surface area (Å²) in [6, 6.07) is 16.3. The number of hydrogen-bond acceptors (Lipinski definition) is 6. The highest BCUT2D eigenvalue weighted by Gasteiger charge is 2.21. The Morgan fingerprint density at radius 1 is 1.07 bits per heavy atom. The minimum Gasteiger partial charge on any atom is -0.497 e. The van der Waals surface area contributed by atoms with Gasteiger partial charge in [-0.2, -0.15) is 4.98 Å². The number of benzene rings is 2. The molecular weight excluding hydrogens is 376 g/mol. The van der Waals surface area contributed by atoms with Crippen LogP contribution in [0.15, 0.2) is 53.1 Å². The Kier molecular flexibility index (Phi) is 5.78. The lowest BCUT2D eigenvalue weighted by Crippen LogP contribution is -2.47. The lowest BCUT2D eigenvalue weighted by Gasteiger charge is -2.33. The lowest BCUT2D eigenvalue weighted by molar-refractivity contribution is 0.253. The Morgan fingerprint density at radius 2 is 1.86 bits per heavy atom. The molecule has 3 aromatic rings. The maximum absolute atomic E-state index is 5.94. The molecule has 0 saturated carbocycles. The highest BCUT2D eigenvalue weighted by atomic mass is 35.5. The second-order valence-electron chi connectivity index (χ2n) is 6.84. The van der Waals surface area contributed by atoms with Gasteiger partial charge in [-0.3, -0.25) is 4.90 Å². The van der Waals surface area contributed by atoms with Crippen LogP contribution in [0.2, 0.25) is 5.02 Å². The third-order valence-corrected chi connectivity index (χ3v) is 5.26. The van der Waals surface area contributed by atoms with Crippen molar-refractivity contribution < 1.29 is 9.26 Å². The standard InChI is InChI=1S/C21H23ClN4O2/c1-27-19-4-2-3-16(15-19)9-10-25-11-13-26(14-12-25)21-23-20(24-28-21)17-5-7-18(22)8-6-17/h2-8,15H,9-14H2,1H3. The predicted molar refractivity (Wildman–Crippen MR) is 110 cm³/mol. The fraction of sp³-hybridized carbons (Fsp3) is 0.333. The fourth-order valence-electron chi connectivity index (χ4n) is 3.34. The van der Waals surface area contributed by atoms with Gasteiger partial charge in [-0.15, -0.1) is 0 Å². The third kappa shape index (κ3) is 4.46. The lowest BCUT2D eigenvalue weighted by atomic mass is 10.1. The van der Waals surface area contributed by atoms with Gasteiger partial charge in [0.05, 0.1) is 7.11 Å². The molecule has 2 heterocycles. The van der Waals surface area contributed by atoms with Crippen molar-refractivity contribution >= 4 is 17.6 Å². The Morgan fingerprint density at radius 3 is 2.61 bits per heavy atom. The van der Waals surface area contributed by atoms with E-state index in [9.17, 15) is 0 Å². The zero-order chi connectivity index (χ0) is 19.3. The minimum absolute atomic E-state index is 0.581. The normalized spacial score (nSPS) is 15.0. The van der Waals surface area contributed by atoms with E-state index in [1.807, 2.05) is 36.4 Å². The van der Waals surface area contributed by atoms with E-state index in [4.69, 9.17) is 20.9 Å². The molecule has 1 fully saturated rings. The molecule has 4 rings (SSSR count). The third-order valence-electron chi connectivity index (χ3n) is 5.01. The first-order chi connectivity index (χ1) is 13.7. The molecule has 0 radical (unpaired) electrons. The summed E-state index contributed by atoms with van der Waals surface area (Å²) in [6.45, 7) is 4.73. The molecule has 0 aliphatic carbocycles. The highest BCUT2D eigenvalue weighted by molar-refractivity contribution is 6.30. The molecule has 0 atom stereocenters. The van der Waals surface area contributed by atoms with Gasteiger partial charge in [0.15, 0.2) is 0 Å². The van der Waals surface area contributed by atoms with E-state index in [2.05, 4.69) is 32.1 Å². The maximum Gasteiger partial charge on any atom is 0.324 e. The van der Waals surface area contributed by atoms with Gasteiger partial charge in [0.25, 0.3) is 0 Å². The Balaban J connectivity index is 1.30. The average molecular weight is 399 g/mol. The summed E-state index contributed by atoms with van der Waals surface area (Å²) in [4.78, 5) is 9.16. The quantitative estimate of drug-likeness (QED) is 0.630. The van der Waals surface area contributed by atoms with Gasteiger partial charge in [0, 0.05) is 43.3 Å². The number of methoxy groups -OCH3 is 1. The van der Waals surface area contributed by atoms with Gasteiger partial charge in [-0.25, -0.2) is 0 Å². The van der Waals surface area contributed by atoms with Crippen LogP contribution >= 0.6 is 11.6 Å². The molecule has 28 heavy (non-hydrogen) atoms. The van der Waals surface area contributed by atoms with Crippen LogP contribution in [-0.4, -0.2) is 54.9 Å². The molecular formula is C21H23ClN4O2. The molecule has 1 aromatic heterocycles. The van der Waals surface area contributed by atoms with E-state index in [1.54, 1.807) is 7.11 Å². The predicted octanol–water partition coefficient (Wildman–Crippen LogP) is 3.76. The van der Waals surface area contributed by atoms with Crippen LogP contribution in [-0.2, 0) is 6.42 Å². The monoisotopic (exact) mass is 398 g/mol. The van der Waals surface area contributed by atoms with Gasteiger partial charge >= 0.3 is 6.01 Å². The number of rotatable bonds is 6. The molecule has 1 aliphatic heterocycles. The van der Waals surface area contributed by atoms with Crippen LogP contribution in [0, 0.1) is 0 Å². The summed E-state index contributed by atoms with van der Waals surface area (Å²) in [7, 11) is 1.70. The van der Waals surface area contributed by atoms with Crippen molar-refractivity contribution in [3.05, 3.63) is 59.1 Å². The van der Waals surface area contributed by atoms with E-state index in [0.29, 0.717) is 16.9 Å². The molecule has 0 bridgehead atoms. The van der Waals surface area contributed by atoms with Crippen molar-refractivity contribution in [3.63, 3.8) is 0 Å². The van der Waals surface area contributed by atoms with Crippen LogP contribution in [0.4, 0.5) is 6.01 Å². The number of ether oxygens (including phenoxy) is 1. The van der Waals surface area contributed by atoms with Crippen molar-refractivity contribution in [1.82, 2.24) is 15.0 Å². The Labute approximate surface area is 169 Å². The molecule has 0 unspecified atom stereocenters. The van der Waals surface area contributed by atoms with Crippen LogP contribution < -0.4 is 9.64 Å².